The van der Waals surface area contributed by atoms with Gasteiger partial charge in [0, 0.05) is 12.6 Å². The van der Waals surface area contributed by atoms with Crippen molar-refractivity contribution in [3.8, 4) is 5.75 Å². The van der Waals surface area contributed by atoms with Crippen molar-refractivity contribution in [2.75, 3.05) is 12.3 Å². The summed E-state index contributed by atoms with van der Waals surface area (Å²) in [5, 5.41) is 9.88. The third-order valence-corrected chi connectivity index (χ3v) is 3.68. The zero-order valence-electron chi connectivity index (χ0n) is 10.9. The molecule has 2 rings (SSSR count). The third-order valence-electron chi connectivity index (χ3n) is 3.68. The molecule has 0 spiro atoms. The summed E-state index contributed by atoms with van der Waals surface area (Å²) >= 11 is 0. The van der Waals surface area contributed by atoms with E-state index in [9.17, 15) is 9.90 Å². The summed E-state index contributed by atoms with van der Waals surface area (Å²) in [7, 11) is 0. The Balaban J connectivity index is 2.27. The fourth-order valence-corrected chi connectivity index (χ4v) is 2.46. The van der Waals surface area contributed by atoms with E-state index in [0.717, 1.165) is 19.4 Å². The van der Waals surface area contributed by atoms with E-state index >= 15 is 0 Å². The van der Waals surface area contributed by atoms with Gasteiger partial charge < -0.3 is 15.7 Å². The number of nitrogens with two attached hydrogens (primary N) is 1. The molecule has 2 unspecified atom stereocenters. The summed E-state index contributed by atoms with van der Waals surface area (Å²) in [5.74, 6) is 0.278. The van der Waals surface area contributed by atoms with Crippen molar-refractivity contribution >= 4 is 11.6 Å². The molecule has 1 aliphatic heterocycles. The first kappa shape index (κ1) is 12.7. The maximum absolute atomic E-state index is 12.4. The van der Waals surface area contributed by atoms with Crippen molar-refractivity contribution in [3.05, 3.63) is 23.8 Å². The molecule has 0 aromatic heterocycles. The fraction of sp³-hybridized carbons (Fsp3) is 0.500. The van der Waals surface area contributed by atoms with E-state index in [4.69, 9.17) is 5.73 Å². The SMILES string of the molecule is CC1CCC(C)N(C(=O)c2cccc(N)c2O)C1. The average Bonchev–Trinajstić information content (AvgIpc) is 2.35. The van der Waals surface area contributed by atoms with Gasteiger partial charge in [-0.2, -0.15) is 0 Å². The summed E-state index contributed by atoms with van der Waals surface area (Å²) in [5.41, 5.74) is 6.18. The number of para-hydroxylation sites is 1. The van der Waals surface area contributed by atoms with Crippen LogP contribution >= 0.6 is 0 Å². The number of hydrogen-bond acceptors (Lipinski definition) is 3. The van der Waals surface area contributed by atoms with Crippen LogP contribution in [0, 0.1) is 5.92 Å². The van der Waals surface area contributed by atoms with E-state index in [2.05, 4.69) is 6.92 Å². The van der Waals surface area contributed by atoms with E-state index in [1.165, 1.54) is 0 Å². The molecule has 0 aliphatic carbocycles. The molecular formula is C14H20N2O2. The Labute approximate surface area is 107 Å². The van der Waals surface area contributed by atoms with Gasteiger partial charge in [0.15, 0.2) is 5.75 Å². The second kappa shape index (κ2) is 4.88. The van der Waals surface area contributed by atoms with E-state index in [1.54, 1.807) is 18.2 Å². The number of carbonyl (C=O) groups excluding carboxylic acids is 1. The van der Waals surface area contributed by atoms with Crippen molar-refractivity contribution in [2.24, 2.45) is 5.92 Å². The van der Waals surface area contributed by atoms with E-state index < -0.39 is 0 Å². The summed E-state index contributed by atoms with van der Waals surface area (Å²) in [6.45, 7) is 4.94. The normalized spacial score (nSPS) is 24.0. The molecule has 3 N–H and O–H groups in total. The molecule has 18 heavy (non-hydrogen) atoms. The largest absolute Gasteiger partial charge is 0.505 e. The molecule has 1 aliphatic rings. The number of rotatable bonds is 1. The maximum Gasteiger partial charge on any atom is 0.257 e. The van der Waals surface area contributed by atoms with Gasteiger partial charge in [-0.25, -0.2) is 0 Å². The molecule has 1 amide bonds. The number of phenolic OH excluding ortho intramolecular Hbond substituents is 1. The number of nitrogens with zero attached hydrogens (tertiary/aromatic N) is 1. The Kier molecular flexibility index (Phi) is 3.45. The van der Waals surface area contributed by atoms with Gasteiger partial charge in [0.2, 0.25) is 0 Å². The quantitative estimate of drug-likeness (QED) is 0.591. The highest BCUT2D eigenvalue weighted by Gasteiger charge is 2.29. The average molecular weight is 248 g/mol. The van der Waals surface area contributed by atoms with Crippen LogP contribution in [0.1, 0.15) is 37.0 Å². The zero-order valence-corrected chi connectivity index (χ0v) is 10.9. The van der Waals surface area contributed by atoms with Crippen molar-refractivity contribution in [1.82, 2.24) is 4.90 Å². The van der Waals surface area contributed by atoms with Gasteiger partial charge >= 0.3 is 0 Å². The lowest BCUT2D eigenvalue weighted by molar-refractivity contribution is 0.0571. The number of piperidine rings is 1. The Morgan fingerprint density at radius 3 is 2.83 bits per heavy atom. The molecule has 1 saturated heterocycles. The van der Waals surface area contributed by atoms with Gasteiger partial charge in [0.1, 0.15) is 0 Å². The van der Waals surface area contributed by atoms with Crippen LogP contribution in [0.2, 0.25) is 0 Å². The Morgan fingerprint density at radius 2 is 2.11 bits per heavy atom. The number of anilines is 1. The molecule has 1 aromatic rings. The Bertz CT molecular complexity index is 459. The number of aromatic hydroxyl groups is 1. The van der Waals surface area contributed by atoms with E-state index in [0.29, 0.717) is 11.5 Å². The first-order chi connectivity index (χ1) is 8.50. The lowest BCUT2D eigenvalue weighted by Gasteiger charge is -2.37. The van der Waals surface area contributed by atoms with Crippen LogP contribution in [0.3, 0.4) is 0 Å². The van der Waals surface area contributed by atoms with Gasteiger partial charge in [-0.05, 0) is 37.8 Å². The predicted octanol–water partition coefficient (Wildman–Crippen LogP) is 2.24. The fourth-order valence-electron chi connectivity index (χ4n) is 2.46. The van der Waals surface area contributed by atoms with Gasteiger partial charge in [-0.3, -0.25) is 4.79 Å². The summed E-state index contributed by atoms with van der Waals surface area (Å²) in [6, 6.07) is 5.13. The molecule has 2 atom stereocenters. The van der Waals surface area contributed by atoms with Gasteiger partial charge in [-0.15, -0.1) is 0 Å². The Morgan fingerprint density at radius 1 is 1.39 bits per heavy atom. The highest BCUT2D eigenvalue weighted by molar-refractivity contribution is 5.98. The molecule has 0 bridgehead atoms. The van der Waals surface area contributed by atoms with Gasteiger partial charge in [-0.1, -0.05) is 13.0 Å². The van der Waals surface area contributed by atoms with Crippen LogP contribution in [0.25, 0.3) is 0 Å². The summed E-state index contributed by atoms with van der Waals surface area (Å²) in [6.07, 6.45) is 2.16. The molecule has 1 aromatic carbocycles. The molecule has 0 saturated carbocycles. The number of nitrogen functional groups attached to an aromatic ring is 1. The minimum absolute atomic E-state index is 0.104. The van der Waals surface area contributed by atoms with Crippen molar-refractivity contribution in [1.29, 1.82) is 0 Å². The van der Waals surface area contributed by atoms with Crippen LogP contribution < -0.4 is 5.73 Å². The number of likely N-dealkylation sites (tertiary alicyclic amines) is 1. The molecule has 1 heterocycles. The highest BCUT2D eigenvalue weighted by Crippen LogP contribution is 2.29. The molecule has 0 radical (unpaired) electrons. The van der Waals surface area contributed by atoms with Crippen LogP contribution in [-0.4, -0.2) is 28.5 Å². The lowest BCUT2D eigenvalue weighted by Crippen LogP contribution is -2.44. The van der Waals surface area contributed by atoms with Crippen molar-refractivity contribution < 1.29 is 9.90 Å². The van der Waals surface area contributed by atoms with E-state index in [1.807, 2.05) is 11.8 Å². The Hall–Kier alpha value is -1.71. The number of benzene rings is 1. The van der Waals surface area contributed by atoms with Crippen molar-refractivity contribution in [3.63, 3.8) is 0 Å². The predicted molar refractivity (Wildman–Crippen MR) is 71.4 cm³/mol. The molecule has 4 nitrogen and oxygen atoms in total. The summed E-state index contributed by atoms with van der Waals surface area (Å²) < 4.78 is 0. The first-order valence-corrected chi connectivity index (χ1v) is 6.39. The molecule has 4 heteroatoms. The minimum Gasteiger partial charge on any atom is -0.505 e. The number of carbonyl (C=O) groups is 1. The summed E-state index contributed by atoms with van der Waals surface area (Å²) in [4.78, 5) is 14.3. The third kappa shape index (κ3) is 2.28. The monoisotopic (exact) mass is 248 g/mol. The number of hydrogen-bond donors (Lipinski definition) is 2. The second-order valence-corrected chi connectivity index (χ2v) is 5.23. The minimum atomic E-state index is -0.126. The first-order valence-electron chi connectivity index (χ1n) is 6.39. The lowest BCUT2D eigenvalue weighted by atomic mass is 9.94. The highest BCUT2D eigenvalue weighted by atomic mass is 16.3. The number of amides is 1. The van der Waals surface area contributed by atoms with Crippen LogP contribution in [0.4, 0.5) is 5.69 Å². The van der Waals surface area contributed by atoms with Crippen molar-refractivity contribution in [2.45, 2.75) is 32.7 Å². The smallest absolute Gasteiger partial charge is 0.257 e. The van der Waals surface area contributed by atoms with Crippen LogP contribution in [0.5, 0.6) is 5.75 Å². The second-order valence-electron chi connectivity index (χ2n) is 5.23. The molecular weight excluding hydrogens is 228 g/mol. The number of phenols is 1. The maximum atomic E-state index is 12.4. The van der Waals surface area contributed by atoms with Crippen LogP contribution in [-0.2, 0) is 0 Å². The standard InChI is InChI=1S/C14H20N2O2/c1-9-6-7-10(2)16(8-9)14(18)11-4-3-5-12(15)13(11)17/h3-5,9-10,17H,6-8,15H2,1-2H3. The zero-order chi connectivity index (χ0) is 13.3. The van der Waals surface area contributed by atoms with Gasteiger partial charge in [0.25, 0.3) is 5.91 Å². The molecule has 98 valence electrons. The van der Waals surface area contributed by atoms with Gasteiger partial charge in [0.05, 0.1) is 11.3 Å². The molecule has 1 fully saturated rings. The van der Waals surface area contributed by atoms with Crippen LogP contribution in [0.15, 0.2) is 18.2 Å². The topological polar surface area (TPSA) is 66.6 Å². The van der Waals surface area contributed by atoms with E-state index in [-0.39, 0.29) is 23.4 Å².